The average Bonchev–Trinajstić information content (AvgIpc) is 2.49. The van der Waals surface area contributed by atoms with Crippen molar-refractivity contribution in [2.45, 2.75) is 0 Å². The molecule has 0 atom stereocenters. The standard InChI is InChI=1S/C15H21FN2O3/c1-20-11-9-18(10-12-21-2)15(19)17-8-7-13-3-5-14(16)6-4-13/h3-8H,9-12H2,1-2H3,(H,17,19)/b8-7+. The number of halogens is 1. The molecule has 1 aromatic carbocycles. The van der Waals surface area contributed by atoms with Gasteiger partial charge in [-0.1, -0.05) is 12.1 Å². The van der Waals surface area contributed by atoms with Crippen LogP contribution in [0.15, 0.2) is 30.5 Å². The number of hydrogen-bond donors (Lipinski definition) is 1. The summed E-state index contributed by atoms with van der Waals surface area (Å²) in [5.41, 5.74) is 0.803. The molecule has 21 heavy (non-hydrogen) atoms. The van der Waals surface area contributed by atoms with Crippen LogP contribution in [0.1, 0.15) is 5.56 Å². The molecule has 0 saturated carbocycles. The van der Waals surface area contributed by atoms with Gasteiger partial charge in [-0.05, 0) is 23.8 Å². The number of nitrogens with zero attached hydrogens (tertiary/aromatic N) is 1. The number of rotatable bonds is 8. The topological polar surface area (TPSA) is 50.8 Å². The van der Waals surface area contributed by atoms with Crippen LogP contribution in [0.5, 0.6) is 0 Å². The molecule has 0 saturated heterocycles. The second-order valence-electron chi connectivity index (χ2n) is 4.31. The van der Waals surface area contributed by atoms with Gasteiger partial charge in [0.05, 0.1) is 13.2 Å². The third-order valence-electron chi connectivity index (χ3n) is 2.77. The van der Waals surface area contributed by atoms with Gasteiger partial charge in [0.1, 0.15) is 5.82 Å². The molecule has 0 aliphatic carbocycles. The van der Waals surface area contributed by atoms with E-state index in [1.54, 1.807) is 37.3 Å². The van der Waals surface area contributed by atoms with E-state index in [0.717, 1.165) is 5.56 Å². The lowest BCUT2D eigenvalue weighted by molar-refractivity contribution is 0.124. The SMILES string of the molecule is COCCN(CCOC)C(=O)N/C=C/c1ccc(F)cc1. The number of urea groups is 1. The number of benzene rings is 1. The van der Waals surface area contributed by atoms with Gasteiger partial charge in [0.2, 0.25) is 0 Å². The van der Waals surface area contributed by atoms with Crippen molar-refractivity contribution in [2.24, 2.45) is 0 Å². The molecule has 1 rings (SSSR count). The first-order valence-electron chi connectivity index (χ1n) is 6.63. The van der Waals surface area contributed by atoms with Gasteiger partial charge in [0, 0.05) is 33.5 Å². The Morgan fingerprint density at radius 3 is 2.29 bits per heavy atom. The Bertz CT molecular complexity index is 441. The van der Waals surface area contributed by atoms with E-state index in [0.29, 0.717) is 26.3 Å². The van der Waals surface area contributed by atoms with Gasteiger partial charge in [0.25, 0.3) is 0 Å². The maximum Gasteiger partial charge on any atom is 0.321 e. The zero-order valence-corrected chi connectivity index (χ0v) is 12.3. The Balaban J connectivity index is 2.49. The molecule has 1 aromatic rings. The lowest BCUT2D eigenvalue weighted by atomic mass is 10.2. The summed E-state index contributed by atoms with van der Waals surface area (Å²) in [7, 11) is 3.17. The van der Waals surface area contributed by atoms with Crippen molar-refractivity contribution < 1.29 is 18.7 Å². The molecule has 0 spiro atoms. The molecule has 0 aliphatic rings. The molecule has 0 aliphatic heterocycles. The molecule has 0 aromatic heterocycles. The van der Waals surface area contributed by atoms with Crippen LogP contribution in [0.3, 0.4) is 0 Å². The van der Waals surface area contributed by atoms with Gasteiger partial charge in [-0.15, -0.1) is 0 Å². The van der Waals surface area contributed by atoms with E-state index in [1.807, 2.05) is 0 Å². The van der Waals surface area contributed by atoms with Gasteiger partial charge in [0.15, 0.2) is 0 Å². The van der Waals surface area contributed by atoms with E-state index in [2.05, 4.69) is 5.32 Å². The van der Waals surface area contributed by atoms with Gasteiger partial charge >= 0.3 is 6.03 Å². The third kappa shape index (κ3) is 6.87. The first-order chi connectivity index (χ1) is 10.2. The largest absolute Gasteiger partial charge is 0.383 e. The van der Waals surface area contributed by atoms with Crippen molar-refractivity contribution in [1.29, 1.82) is 0 Å². The van der Waals surface area contributed by atoms with Crippen molar-refractivity contribution in [3.05, 3.63) is 41.8 Å². The first-order valence-corrected chi connectivity index (χ1v) is 6.63. The van der Waals surface area contributed by atoms with Crippen molar-refractivity contribution in [2.75, 3.05) is 40.5 Å². The number of hydrogen-bond acceptors (Lipinski definition) is 3. The summed E-state index contributed by atoms with van der Waals surface area (Å²) in [5, 5.41) is 2.67. The number of carbonyl (C=O) groups excluding carboxylic acids is 1. The molecule has 2 amide bonds. The molecule has 0 bridgehead atoms. The molecule has 0 radical (unpaired) electrons. The summed E-state index contributed by atoms with van der Waals surface area (Å²) in [6.45, 7) is 1.88. The van der Waals surface area contributed by atoms with Crippen LogP contribution in [0.2, 0.25) is 0 Å². The Labute approximate surface area is 124 Å². The Morgan fingerprint density at radius 2 is 1.76 bits per heavy atom. The van der Waals surface area contributed by atoms with E-state index in [1.165, 1.54) is 18.3 Å². The predicted molar refractivity (Wildman–Crippen MR) is 79.3 cm³/mol. The molecule has 0 unspecified atom stereocenters. The number of ether oxygens (including phenoxy) is 2. The molecule has 116 valence electrons. The highest BCUT2D eigenvalue weighted by molar-refractivity contribution is 5.76. The van der Waals surface area contributed by atoms with E-state index >= 15 is 0 Å². The zero-order valence-electron chi connectivity index (χ0n) is 12.3. The minimum Gasteiger partial charge on any atom is -0.383 e. The van der Waals surface area contributed by atoms with Crippen LogP contribution in [-0.2, 0) is 9.47 Å². The fourth-order valence-electron chi connectivity index (χ4n) is 1.59. The van der Waals surface area contributed by atoms with Gasteiger partial charge < -0.3 is 19.7 Å². The Morgan fingerprint density at radius 1 is 1.19 bits per heavy atom. The van der Waals surface area contributed by atoms with Crippen molar-refractivity contribution >= 4 is 12.1 Å². The summed E-state index contributed by atoms with van der Waals surface area (Å²) >= 11 is 0. The van der Waals surface area contributed by atoms with Crippen LogP contribution in [0, 0.1) is 5.82 Å². The normalized spacial score (nSPS) is 10.8. The maximum absolute atomic E-state index is 12.8. The Kier molecular flexibility index (Phi) is 8.08. The molecule has 1 N–H and O–H groups in total. The second kappa shape index (κ2) is 9.90. The van der Waals surface area contributed by atoms with Crippen molar-refractivity contribution in [3.63, 3.8) is 0 Å². The van der Waals surface area contributed by atoms with Crippen LogP contribution in [-0.4, -0.2) is 51.5 Å². The molecule has 0 heterocycles. The summed E-state index contributed by atoms with van der Waals surface area (Å²) in [6.07, 6.45) is 3.23. The summed E-state index contributed by atoms with van der Waals surface area (Å²) in [6, 6.07) is 5.76. The fourth-order valence-corrected chi connectivity index (χ4v) is 1.59. The molecule has 6 heteroatoms. The first kappa shape index (κ1) is 17.1. The monoisotopic (exact) mass is 296 g/mol. The smallest absolute Gasteiger partial charge is 0.321 e. The van der Waals surface area contributed by atoms with E-state index in [-0.39, 0.29) is 11.8 Å². The lowest BCUT2D eigenvalue weighted by Gasteiger charge is -2.21. The van der Waals surface area contributed by atoms with E-state index in [4.69, 9.17) is 9.47 Å². The molecule has 5 nitrogen and oxygen atoms in total. The number of carbonyl (C=O) groups is 1. The molecule has 0 fully saturated rings. The zero-order chi connectivity index (χ0) is 15.5. The minimum atomic E-state index is -0.290. The van der Waals surface area contributed by atoms with Crippen LogP contribution < -0.4 is 5.32 Å². The quantitative estimate of drug-likeness (QED) is 0.799. The predicted octanol–water partition coefficient (Wildman–Crippen LogP) is 2.10. The van der Waals surface area contributed by atoms with Crippen LogP contribution in [0.4, 0.5) is 9.18 Å². The van der Waals surface area contributed by atoms with Crippen LogP contribution >= 0.6 is 0 Å². The number of methoxy groups -OCH3 is 2. The summed E-state index contributed by atoms with van der Waals surface area (Å²) in [4.78, 5) is 13.6. The highest BCUT2D eigenvalue weighted by Crippen LogP contribution is 2.04. The second-order valence-corrected chi connectivity index (χ2v) is 4.31. The minimum absolute atomic E-state index is 0.234. The Hall–Kier alpha value is -1.92. The number of nitrogens with one attached hydrogen (secondary N) is 1. The summed E-state index contributed by atoms with van der Waals surface area (Å²) < 4.78 is 22.7. The molecular formula is C15H21FN2O3. The number of amides is 2. The van der Waals surface area contributed by atoms with E-state index in [9.17, 15) is 9.18 Å². The van der Waals surface area contributed by atoms with Crippen LogP contribution in [0.25, 0.3) is 6.08 Å². The van der Waals surface area contributed by atoms with Gasteiger partial charge in [-0.2, -0.15) is 0 Å². The molecular weight excluding hydrogens is 275 g/mol. The summed E-state index contributed by atoms with van der Waals surface area (Å²) in [5.74, 6) is -0.290. The van der Waals surface area contributed by atoms with Crippen molar-refractivity contribution in [1.82, 2.24) is 10.2 Å². The highest BCUT2D eigenvalue weighted by Gasteiger charge is 2.10. The highest BCUT2D eigenvalue weighted by atomic mass is 19.1. The van der Waals surface area contributed by atoms with E-state index < -0.39 is 0 Å². The van der Waals surface area contributed by atoms with Crippen molar-refractivity contribution in [3.8, 4) is 0 Å². The third-order valence-corrected chi connectivity index (χ3v) is 2.77. The fraction of sp³-hybridized carbons (Fsp3) is 0.400. The maximum atomic E-state index is 12.8. The van der Waals surface area contributed by atoms with Gasteiger partial charge in [-0.3, -0.25) is 0 Å². The lowest BCUT2D eigenvalue weighted by Crippen LogP contribution is -2.41. The average molecular weight is 296 g/mol. The van der Waals surface area contributed by atoms with Gasteiger partial charge in [-0.25, -0.2) is 9.18 Å².